The second-order valence-corrected chi connectivity index (χ2v) is 8.58. The minimum absolute atomic E-state index is 0.231. The number of benzene rings is 1. The summed E-state index contributed by atoms with van der Waals surface area (Å²) in [4.78, 5) is 32.4. The van der Waals surface area contributed by atoms with E-state index in [4.69, 9.17) is 4.42 Å². The molecule has 0 saturated heterocycles. The Balaban J connectivity index is 1.51. The van der Waals surface area contributed by atoms with Gasteiger partial charge in [-0.15, -0.1) is 13.2 Å². The van der Waals surface area contributed by atoms with Crippen LogP contribution < -0.4 is 10.3 Å². The smallest absolute Gasteiger partial charge is 0.464 e. The van der Waals surface area contributed by atoms with Crippen molar-refractivity contribution in [1.29, 1.82) is 0 Å². The average Bonchev–Trinajstić information content (AvgIpc) is 3.39. The zero-order valence-corrected chi connectivity index (χ0v) is 19.0. The van der Waals surface area contributed by atoms with E-state index < -0.39 is 12.4 Å². The summed E-state index contributed by atoms with van der Waals surface area (Å²) >= 11 is 0. The number of fused-ring (bicyclic) bond motifs is 2. The third-order valence-electron chi connectivity index (χ3n) is 6.20. The molecule has 4 aromatic rings. The highest BCUT2D eigenvalue weighted by Crippen LogP contribution is 2.36. The average molecular weight is 486 g/mol. The molecule has 2 atom stereocenters. The van der Waals surface area contributed by atoms with E-state index in [0.717, 1.165) is 5.69 Å². The summed E-state index contributed by atoms with van der Waals surface area (Å²) < 4.78 is 50.7. The molecule has 182 valence electrons. The number of nitrogens with zero attached hydrogens (tertiary/aromatic N) is 4. The lowest BCUT2D eigenvalue weighted by molar-refractivity contribution is -0.274. The standard InChI is InChI=1S/C24H21F3N4O4/c1-13-9-29(12-28-13)19-5-6-20-23(33)31(14(2)10-30(20)22(19)32)15(3)18-11-34-21-7-4-16(8-17(18)21)35-24(25,26)27/h4-9,11-12,14-15H,10H2,1-3H3/t14-,15-/m1/s1. The Morgan fingerprint density at radius 3 is 2.66 bits per heavy atom. The number of aromatic nitrogens is 3. The Kier molecular flexibility index (Phi) is 5.22. The van der Waals surface area contributed by atoms with Crippen LogP contribution in [0.4, 0.5) is 13.2 Å². The van der Waals surface area contributed by atoms with Gasteiger partial charge in [0.1, 0.15) is 22.7 Å². The van der Waals surface area contributed by atoms with E-state index in [2.05, 4.69) is 9.72 Å². The Labute approximate surface area is 197 Å². The molecule has 8 nitrogen and oxygen atoms in total. The maximum absolute atomic E-state index is 13.5. The molecule has 0 aliphatic carbocycles. The molecule has 1 amide bonds. The molecule has 4 heterocycles. The maximum Gasteiger partial charge on any atom is 0.573 e. The lowest BCUT2D eigenvalue weighted by Gasteiger charge is -2.39. The van der Waals surface area contributed by atoms with Gasteiger partial charge in [0.25, 0.3) is 11.5 Å². The van der Waals surface area contributed by atoms with Gasteiger partial charge in [-0.25, -0.2) is 4.98 Å². The van der Waals surface area contributed by atoms with Crippen molar-refractivity contribution in [1.82, 2.24) is 19.0 Å². The van der Waals surface area contributed by atoms with E-state index in [1.807, 2.05) is 13.8 Å². The first kappa shape index (κ1) is 22.8. The Morgan fingerprint density at radius 2 is 1.97 bits per heavy atom. The number of hydrogen-bond donors (Lipinski definition) is 0. The summed E-state index contributed by atoms with van der Waals surface area (Å²) in [6.45, 7) is 5.66. The zero-order valence-electron chi connectivity index (χ0n) is 19.0. The number of ether oxygens (including phenoxy) is 1. The normalized spacial score (nSPS) is 17.0. The van der Waals surface area contributed by atoms with Gasteiger partial charge in [-0.05, 0) is 51.1 Å². The van der Waals surface area contributed by atoms with E-state index in [0.29, 0.717) is 22.2 Å². The van der Waals surface area contributed by atoms with Crippen molar-refractivity contribution < 1.29 is 27.1 Å². The minimum atomic E-state index is -4.83. The number of pyridine rings is 1. The molecule has 35 heavy (non-hydrogen) atoms. The van der Waals surface area contributed by atoms with Gasteiger partial charge in [-0.3, -0.25) is 9.59 Å². The van der Waals surface area contributed by atoms with Gasteiger partial charge in [0, 0.05) is 29.7 Å². The molecule has 0 saturated carbocycles. The molecule has 0 bridgehead atoms. The second kappa shape index (κ2) is 8.03. The van der Waals surface area contributed by atoms with Crippen LogP contribution in [0.3, 0.4) is 0 Å². The summed E-state index contributed by atoms with van der Waals surface area (Å²) in [5.41, 5.74) is 1.97. The van der Waals surface area contributed by atoms with Crippen LogP contribution in [0.5, 0.6) is 5.75 Å². The van der Waals surface area contributed by atoms with Crippen molar-refractivity contribution in [2.45, 2.75) is 45.8 Å². The van der Waals surface area contributed by atoms with Gasteiger partial charge in [0.2, 0.25) is 0 Å². The second-order valence-electron chi connectivity index (χ2n) is 8.58. The van der Waals surface area contributed by atoms with Gasteiger partial charge >= 0.3 is 6.36 Å². The van der Waals surface area contributed by atoms with Crippen LogP contribution in [-0.4, -0.2) is 37.3 Å². The van der Waals surface area contributed by atoms with E-state index in [-0.39, 0.29) is 35.5 Å². The van der Waals surface area contributed by atoms with E-state index in [9.17, 15) is 22.8 Å². The van der Waals surface area contributed by atoms with Crippen LogP contribution in [0.1, 0.15) is 41.6 Å². The zero-order chi connectivity index (χ0) is 25.1. The highest BCUT2D eigenvalue weighted by Gasteiger charge is 2.36. The molecular weight excluding hydrogens is 465 g/mol. The number of halogens is 3. The van der Waals surface area contributed by atoms with Gasteiger partial charge in [-0.2, -0.15) is 0 Å². The molecule has 1 aromatic carbocycles. The summed E-state index contributed by atoms with van der Waals surface area (Å²) in [6.07, 6.45) is -0.125. The predicted octanol–water partition coefficient (Wildman–Crippen LogP) is 4.59. The van der Waals surface area contributed by atoms with E-state index in [1.165, 1.54) is 29.0 Å². The highest BCUT2D eigenvalue weighted by molar-refractivity contribution is 5.94. The van der Waals surface area contributed by atoms with Crippen molar-refractivity contribution in [3.8, 4) is 11.4 Å². The molecule has 0 N–H and O–H groups in total. The number of imidazole rings is 1. The molecule has 0 radical (unpaired) electrons. The van der Waals surface area contributed by atoms with Crippen LogP contribution in [-0.2, 0) is 6.54 Å². The van der Waals surface area contributed by atoms with Crippen molar-refractivity contribution in [2.24, 2.45) is 0 Å². The lowest BCUT2D eigenvalue weighted by Crippen LogP contribution is -2.50. The summed E-state index contributed by atoms with van der Waals surface area (Å²) in [5.74, 6) is -0.740. The Bertz CT molecular complexity index is 1500. The van der Waals surface area contributed by atoms with Crippen LogP contribution in [0.15, 0.2) is 58.3 Å². The number of aryl methyl sites for hydroxylation is 1. The fourth-order valence-electron chi connectivity index (χ4n) is 4.62. The first-order valence-corrected chi connectivity index (χ1v) is 10.9. The largest absolute Gasteiger partial charge is 0.573 e. The maximum atomic E-state index is 13.5. The summed E-state index contributed by atoms with van der Waals surface area (Å²) in [7, 11) is 0. The molecule has 1 aliphatic rings. The summed E-state index contributed by atoms with van der Waals surface area (Å²) in [5, 5.41) is 0.410. The number of hydrogen-bond acceptors (Lipinski definition) is 5. The lowest BCUT2D eigenvalue weighted by atomic mass is 10.0. The molecule has 0 fully saturated rings. The third kappa shape index (κ3) is 3.96. The SMILES string of the molecule is Cc1cn(-c2ccc3n(c2=O)C[C@@H](C)N([C@H](C)c2coc4ccc(OC(F)(F)F)cc24)C3=O)cn1. The number of carbonyl (C=O) groups is 1. The van der Waals surface area contributed by atoms with Crippen molar-refractivity contribution in [3.63, 3.8) is 0 Å². The number of carbonyl (C=O) groups excluding carboxylic acids is 1. The molecule has 3 aromatic heterocycles. The van der Waals surface area contributed by atoms with Gasteiger partial charge in [0.05, 0.1) is 24.3 Å². The van der Waals surface area contributed by atoms with E-state index >= 15 is 0 Å². The quantitative estimate of drug-likeness (QED) is 0.421. The monoisotopic (exact) mass is 486 g/mol. The van der Waals surface area contributed by atoms with Crippen molar-refractivity contribution in [2.75, 3.05) is 0 Å². The van der Waals surface area contributed by atoms with Crippen LogP contribution in [0.2, 0.25) is 0 Å². The number of rotatable bonds is 4. The molecule has 5 rings (SSSR count). The topological polar surface area (TPSA) is 82.5 Å². The molecule has 1 aliphatic heterocycles. The van der Waals surface area contributed by atoms with E-state index in [1.54, 1.807) is 41.0 Å². The van der Waals surface area contributed by atoms with Crippen LogP contribution >= 0.6 is 0 Å². The fourth-order valence-corrected chi connectivity index (χ4v) is 4.62. The number of amides is 1. The van der Waals surface area contributed by atoms with Crippen LogP contribution in [0.25, 0.3) is 16.7 Å². The highest BCUT2D eigenvalue weighted by atomic mass is 19.4. The third-order valence-corrected chi connectivity index (χ3v) is 6.20. The minimum Gasteiger partial charge on any atom is -0.464 e. The van der Waals surface area contributed by atoms with Gasteiger partial charge in [0.15, 0.2) is 0 Å². The van der Waals surface area contributed by atoms with Gasteiger partial charge < -0.3 is 23.2 Å². The first-order chi connectivity index (χ1) is 16.5. The van der Waals surface area contributed by atoms with Crippen molar-refractivity contribution >= 4 is 16.9 Å². The Hall–Kier alpha value is -4.02. The van der Waals surface area contributed by atoms with Crippen molar-refractivity contribution in [3.05, 3.63) is 76.4 Å². The molecular formula is C24H21F3N4O4. The Morgan fingerprint density at radius 1 is 1.20 bits per heavy atom. The van der Waals surface area contributed by atoms with Crippen LogP contribution in [0, 0.1) is 6.92 Å². The first-order valence-electron chi connectivity index (χ1n) is 10.9. The molecule has 0 unspecified atom stereocenters. The predicted molar refractivity (Wildman–Crippen MR) is 120 cm³/mol. The number of furan rings is 1. The fraction of sp³-hybridized carbons (Fsp3) is 0.292. The van der Waals surface area contributed by atoms with Gasteiger partial charge in [-0.1, -0.05) is 0 Å². The molecule has 0 spiro atoms. The summed E-state index contributed by atoms with van der Waals surface area (Å²) in [6, 6.07) is 6.08. The molecule has 11 heteroatoms. The number of alkyl halides is 3.